The lowest BCUT2D eigenvalue weighted by atomic mass is 10.3. The van der Waals surface area contributed by atoms with E-state index >= 15 is 0 Å². The van der Waals surface area contributed by atoms with Gasteiger partial charge in [-0.1, -0.05) is 0 Å². The van der Waals surface area contributed by atoms with E-state index in [2.05, 4.69) is 10.3 Å². The molecule has 0 atom stereocenters. The van der Waals surface area contributed by atoms with Crippen LogP contribution in [0.1, 0.15) is 31.6 Å². The molecule has 0 fully saturated rings. The number of hydrogen-bond acceptors (Lipinski definition) is 6. The molecule has 0 radical (unpaired) electrons. The van der Waals surface area contributed by atoms with Gasteiger partial charge in [-0.25, -0.2) is 4.98 Å². The van der Waals surface area contributed by atoms with Crippen LogP contribution >= 0.6 is 11.3 Å². The molecule has 0 aromatic carbocycles. The maximum absolute atomic E-state index is 11.9. The molecule has 3 N–H and O–H groups in total. The first-order valence-corrected chi connectivity index (χ1v) is 6.57. The van der Waals surface area contributed by atoms with E-state index in [9.17, 15) is 9.59 Å². The van der Waals surface area contributed by atoms with Crippen LogP contribution in [0.15, 0.2) is 22.1 Å². The largest absolute Gasteiger partial charge is 0.446 e. The molecule has 0 aliphatic rings. The summed E-state index contributed by atoms with van der Waals surface area (Å²) in [6.07, 6.45) is 1.16. The van der Waals surface area contributed by atoms with Crippen molar-refractivity contribution in [3.05, 3.63) is 39.7 Å². The number of oxazole rings is 1. The van der Waals surface area contributed by atoms with Crippen LogP contribution in [-0.2, 0) is 17.9 Å². The third-order valence-electron chi connectivity index (χ3n) is 2.39. The summed E-state index contributed by atoms with van der Waals surface area (Å²) in [4.78, 5) is 27.1. The van der Waals surface area contributed by atoms with Crippen molar-refractivity contribution in [3.8, 4) is 0 Å². The molecule has 0 spiro atoms. The Hall–Kier alpha value is -2.19. The van der Waals surface area contributed by atoms with Crippen LogP contribution in [0.25, 0.3) is 0 Å². The number of amides is 2. The van der Waals surface area contributed by atoms with Crippen molar-refractivity contribution in [2.24, 2.45) is 5.73 Å². The number of carbonyl (C=O) groups is 2. The van der Waals surface area contributed by atoms with Gasteiger partial charge in [0.15, 0.2) is 5.69 Å². The first kappa shape index (κ1) is 14.2. The van der Waals surface area contributed by atoms with Crippen LogP contribution in [0.3, 0.4) is 0 Å². The summed E-state index contributed by atoms with van der Waals surface area (Å²) in [5, 5.41) is 4.50. The Morgan fingerprint density at radius 1 is 1.55 bits per heavy atom. The zero-order valence-electron chi connectivity index (χ0n) is 10.7. The molecule has 0 aliphatic heterocycles. The van der Waals surface area contributed by atoms with Crippen molar-refractivity contribution in [2.75, 3.05) is 7.11 Å². The van der Waals surface area contributed by atoms with E-state index in [1.54, 1.807) is 13.2 Å². The van der Waals surface area contributed by atoms with Crippen molar-refractivity contribution in [2.45, 2.75) is 13.2 Å². The van der Waals surface area contributed by atoms with Gasteiger partial charge >= 0.3 is 0 Å². The number of rotatable bonds is 6. The Balaban J connectivity index is 1.91. The topological polar surface area (TPSA) is 107 Å². The highest BCUT2D eigenvalue weighted by Crippen LogP contribution is 2.15. The second-order valence-corrected chi connectivity index (χ2v) is 4.84. The number of thiophene rings is 1. The van der Waals surface area contributed by atoms with Crippen LogP contribution in [0.5, 0.6) is 0 Å². The minimum absolute atomic E-state index is 0.0350. The van der Waals surface area contributed by atoms with E-state index in [4.69, 9.17) is 14.9 Å². The Morgan fingerprint density at radius 2 is 2.35 bits per heavy atom. The fourth-order valence-corrected chi connectivity index (χ4v) is 2.30. The quantitative estimate of drug-likeness (QED) is 0.823. The monoisotopic (exact) mass is 295 g/mol. The third-order valence-corrected chi connectivity index (χ3v) is 3.37. The molecule has 2 aromatic rings. The first-order chi connectivity index (χ1) is 9.60. The van der Waals surface area contributed by atoms with E-state index in [0.717, 1.165) is 11.8 Å². The highest BCUT2D eigenvalue weighted by atomic mass is 32.1. The van der Waals surface area contributed by atoms with Crippen molar-refractivity contribution in [1.82, 2.24) is 10.3 Å². The average molecular weight is 295 g/mol. The molecule has 0 aliphatic carbocycles. The van der Waals surface area contributed by atoms with Gasteiger partial charge in [0.05, 0.1) is 18.0 Å². The number of nitrogens with two attached hydrogens (primary N) is 1. The molecule has 20 heavy (non-hydrogen) atoms. The van der Waals surface area contributed by atoms with Crippen LogP contribution < -0.4 is 11.1 Å². The zero-order valence-corrected chi connectivity index (χ0v) is 11.5. The van der Waals surface area contributed by atoms with Gasteiger partial charge in [-0.2, -0.15) is 0 Å². The predicted octanol–water partition coefficient (Wildman–Crippen LogP) is 0.911. The lowest BCUT2D eigenvalue weighted by Gasteiger charge is -1.99. The van der Waals surface area contributed by atoms with E-state index < -0.39 is 5.91 Å². The van der Waals surface area contributed by atoms with Crippen molar-refractivity contribution in [3.63, 3.8) is 0 Å². The Kier molecular flexibility index (Phi) is 4.49. The summed E-state index contributed by atoms with van der Waals surface area (Å²) in [7, 11) is 1.59. The lowest BCUT2D eigenvalue weighted by Crippen LogP contribution is -2.22. The zero-order chi connectivity index (χ0) is 14.5. The molecule has 106 valence electrons. The molecule has 2 amide bonds. The SMILES string of the molecule is COCc1csc(C(=O)NCc2nc(C(N)=O)co2)c1. The van der Waals surface area contributed by atoms with Gasteiger partial charge in [-0.05, 0) is 17.0 Å². The number of nitrogens with zero attached hydrogens (tertiary/aromatic N) is 1. The lowest BCUT2D eigenvalue weighted by molar-refractivity contribution is 0.0950. The van der Waals surface area contributed by atoms with Crippen molar-refractivity contribution < 1.29 is 18.7 Å². The normalized spacial score (nSPS) is 10.4. The van der Waals surface area contributed by atoms with Gasteiger partial charge in [0.2, 0.25) is 5.89 Å². The van der Waals surface area contributed by atoms with Crippen LogP contribution in [0.4, 0.5) is 0 Å². The first-order valence-electron chi connectivity index (χ1n) is 5.69. The van der Waals surface area contributed by atoms with Gasteiger partial charge in [-0.3, -0.25) is 9.59 Å². The van der Waals surface area contributed by atoms with Crippen molar-refractivity contribution >= 4 is 23.2 Å². The van der Waals surface area contributed by atoms with E-state index in [1.807, 2.05) is 5.38 Å². The van der Waals surface area contributed by atoms with Crippen LogP contribution in [-0.4, -0.2) is 23.9 Å². The van der Waals surface area contributed by atoms with Gasteiger partial charge in [0, 0.05) is 7.11 Å². The third kappa shape index (κ3) is 3.43. The van der Waals surface area contributed by atoms with Gasteiger partial charge < -0.3 is 20.2 Å². The number of ether oxygens (including phenoxy) is 1. The summed E-state index contributed by atoms with van der Waals surface area (Å²) in [5.74, 6) is -0.689. The number of hydrogen-bond donors (Lipinski definition) is 2. The molecule has 7 nitrogen and oxygen atoms in total. The molecule has 2 rings (SSSR count). The number of aromatic nitrogens is 1. The molecular formula is C12H13N3O4S. The number of methoxy groups -OCH3 is 1. The number of primary amides is 1. The van der Waals surface area contributed by atoms with Gasteiger partial charge in [-0.15, -0.1) is 11.3 Å². The second-order valence-electron chi connectivity index (χ2n) is 3.93. The van der Waals surface area contributed by atoms with E-state index in [0.29, 0.717) is 11.5 Å². The maximum atomic E-state index is 11.9. The summed E-state index contributed by atoms with van der Waals surface area (Å²) in [6, 6.07) is 1.76. The number of nitrogens with one attached hydrogen (secondary N) is 1. The molecule has 0 saturated heterocycles. The highest BCUT2D eigenvalue weighted by Gasteiger charge is 2.12. The molecular weight excluding hydrogens is 282 g/mol. The van der Waals surface area contributed by atoms with Crippen molar-refractivity contribution in [1.29, 1.82) is 0 Å². The molecule has 0 saturated carbocycles. The minimum Gasteiger partial charge on any atom is -0.446 e. The fourth-order valence-electron chi connectivity index (χ4n) is 1.49. The van der Waals surface area contributed by atoms with Crippen LogP contribution in [0, 0.1) is 0 Å². The smallest absolute Gasteiger partial charge is 0.270 e. The standard InChI is InChI=1S/C12H13N3O4S/c1-18-4-7-2-9(20-6-7)12(17)14-3-10-15-8(5-19-10)11(13)16/h2,5-6H,3-4H2,1H3,(H2,13,16)(H,14,17). The summed E-state index contributed by atoms with van der Waals surface area (Å²) < 4.78 is 9.99. The maximum Gasteiger partial charge on any atom is 0.270 e. The van der Waals surface area contributed by atoms with E-state index in [-0.39, 0.29) is 24.0 Å². The summed E-state index contributed by atoms with van der Waals surface area (Å²) in [5.41, 5.74) is 6.02. The molecule has 0 bridgehead atoms. The Labute approximate surface area is 118 Å². The minimum atomic E-state index is -0.672. The predicted molar refractivity (Wildman–Crippen MR) is 71.2 cm³/mol. The highest BCUT2D eigenvalue weighted by molar-refractivity contribution is 7.12. The summed E-state index contributed by atoms with van der Waals surface area (Å²) >= 11 is 1.33. The second kappa shape index (κ2) is 6.31. The summed E-state index contributed by atoms with van der Waals surface area (Å²) in [6.45, 7) is 0.551. The van der Waals surface area contributed by atoms with Gasteiger partial charge in [0.25, 0.3) is 11.8 Å². The van der Waals surface area contributed by atoms with Gasteiger partial charge in [0.1, 0.15) is 6.26 Å². The fraction of sp³-hybridized carbons (Fsp3) is 0.250. The average Bonchev–Trinajstić information content (AvgIpc) is 3.05. The van der Waals surface area contributed by atoms with E-state index in [1.165, 1.54) is 11.3 Å². The number of carbonyl (C=O) groups excluding carboxylic acids is 2. The Morgan fingerprint density at radius 3 is 3.00 bits per heavy atom. The molecule has 0 unspecified atom stereocenters. The Bertz CT molecular complexity index is 620. The molecule has 8 heteroatoms. The molecule has 2 aromatic heterocycles. The molecule has 2 heterocycles. The van der Waals surface area contributed by atoms with Crippen LogP contribution in [0.2, 0.25) is 0 Å².